The number of carboxylic acids is 1. The van der Waals surface area contributed by atoms with E-state index < -0.39 is 5.97 Å². The van der Waals surface area contributed by atoms with E-state index in [0.717, 1.165) is 17.7 Å². The second-order valence-corrected chi connectivity index (χ2v) is 5.41. The number of nitrogens with zero attached hydrogens (tertiary/aromatic N) is 2. The van der Waals surface area contributed by atoms with E-state index in [4.69, 9.17) is 5.11 Å². The molecule has 0 fully saturated rings. The van der Waals surface area contributed by atoms with E-state index in [1.165, 1.54) is 30.4 Å². The molecule has 4 nitrogen and oxygen atoms in total. The topological polar surface area (TPSA) is 55.1 Å². The summed E-state index contributed by atoms with van der Waals surface area (Å²) in [4.78, 5) is 10.8. The van der Waals surface area contributed by atoms with E-state index in [2.05, 4.69) is 23.3 Å². The molecular weight excluding hydrogens is 252 g/mol. The van der Waals surface area contributed by atoms with Crippen LogP contribution in [0.25, 0.3) is 11.3 Å². The molecule has 1 heterocycles. The van der Waals surface area contributed by atoms with Gasteiger partial charge in [0.15, 0.2) is 0 Å². The van der Waals surface area contributed by atoms with Crippen LogP contribution in [0, 0.1) is 0 Å². The Morgan fingerprint density at radius 1 is 1.25 bits per heavy atom. The Morgan fingerprint density at radius 3 is 2.75 bits per heavy atom. The van der Waals surface area contributed by atoms with E-state index in [1.807, 2.05) is 13.1 Å². The Kier molecular flexibility index (Phi) is 3.30. The third kappa shape index (κ3) is 2.46. The summed E-state index contributed by atoms with van der Waals surface area (Å²) in [5, 5.41) is 13.1. The quantitative estimate of drug-likeness (QED) is 0.932. The third-order valence-electron chi connectivity index (χ3n) is 3.91. The van der Waals surface area contributed by atoms with Gasteiger partial charge in [0.05, 0.1) is 17.8 Å². The molecule has 1 N–H and O–H groups in total. The molecule has 2 aromatic rings. The van der Waals surface area contributed by atoms with Crippen molar-refractivity contribution in [3.8, 4) is 11.3 Å². The van der Waals surface area contributed by atoms with Crippen molar-refractivity contribution in [2.45, 2.75) is 32.1 Å². The van der Waals surface area contributed by atoms with Crippen molar-refractivity contribution >= 4 is 5.97 Å². The lowest BCUT2D eigenvalue weighted by Crippen LogP contribution is -2.03. The number of aromatic nitrogens is 2. The number of hydrogen-bond donors (Lipinski definition) is 1. The molecule has 20 heavy (non-hydrogen) atoms. The molecule has 3 rings (SSSR count). The van der Waals surface area contributed by atoms with E-state index in [9.17, 15) is 4.79 Å². The highest BCUT2D eigenvalue weighted by molar-refractivity contribution is 5.71. The Labute approximate surface area is 118 Å². The Bertz CT molecular complexity index is 658. The van der Waals surface area contributed by atoms with Crippen molar-refractivity contribution < 1.29 is 9.90 Å². The van der Waals surface area contributed by atoms with Gasteiger partial charge in [0, 0.05) is 12.6 Å². The smallest absolute Gasteiger partial charge is 0.309 e. The first kappa shape index (κ1) is 12.9. The lowest BCUT2D eigenvalue weighted by molar-refractivity contribution is -0.136. The van der Waals surface area contributed by atoms with Crippen LogP contribution in [0.4, 0.5) is 0 Å². The molecule has 0 amide bonds. The molecule has 0 saturated heterocycles. The van der Waals surface area contributed by atoms with Crippen LogP contribution in [0.2, 0.25) is 0 Å². The van der Waals surface area contributed by atoms with Crippen molar-refractivity contribution in [2.24, 2.45) is 7.05 Å². The van der Waals surface area contributed by atoms with Crippen LogP contribution in [0.3, 0.4) is 0 Å². The predicted octanol–water partition coefficient (Wildman–Crippen LogP) is 2.59. The largest absolute Gasteiger partial charge is 0.481 e. The number of carboxylic acid groups (broad SMARTS) is 1. The Balaban J connectivity index is 1.96. The number of carbonyl (C=O) groups is 1. The van der Waals surface area contributed by atoms with Crippen molar-refractivity contribution in [1.29, 1.82) is 0 Å². The molecule has 1 aromatic carbocycles. The van der Waals surface area contributed by atoms with Crippen molar-refractivity contribution in [3.05, 3.63) is 41.1 Å². The fraction of sp³-hybridized carbons (Fsp3) is 0.375. The molecule has 0 atom stereocenters. The minimum Gasteiger partial charge on any atom is -0.481 e. The molecule has 0 spiro atoms. The molecule has 0 bridgehead atoms. The molecule has 1 aliphatic rings. The van der Waals surface area contributed by atoms with Crippen LogP contribution < -0.4 is 0 Å². The van der Waals surface area contributed by atoms with Crippen LogP contribution in [0.1, 0.15) is 29.7 Å². The summed E-state index contributed by atoms with van der Waals surface area (Å²) in [5.74, 6) is -0.847. The summed E-state index contributed by atoms with van der Waals surface area (Å²) in [7, 11) is 1.86. The van der Waals surface area contributed by atoms with Crippen LogP contribution in [0.5, 0.6) is 0 Å². The maximum atomic E-state index is 10.8. The SMILES string of the molecule is Cn1nc(CC(=O)O)cc1-c1ccc2c(c1)CCCC2. The van der Waals surface area contributed by atoms with Gasteiger partial charge >= 0.3 is 5.97 Å². The zero-order valence-corrected chi connectivity index (χ0v) is 11.6. The second kappa shape index (κ2) is 5.12. The lowest BCUT2D eigenvalue weighted by atomic mass is 9.90. The standard InChI is InChI=1S/C16H18N2O2/c1-18-15(9-14(17-18)10-16(19)20)13-7-6-11-4-2-3-5-12(11)8-13/h6-9H,2-5,10H2,1H3,(H,19,20). The fourth-order valence-corrected chi connectivity index (χ4v) is 2.93. The van der Waals surface area contributed by atoms with Crippen LogP contribution in [-0.4, -0.2) is 20.9 Å². The van der Waals surface area contributed by atoms with Crippen molar-refractivity contribution in [3.63, 3.8) is 0 Å². The first-order valence-corrected chi connectivity index (χ1v) is 7.00. The minimum absolute atomic E-state index is 0.0290. The first-order chi connectivity index (χ1) is 9.63. The molecule has 4 heteroatoms. The summed E-state index contributed by atoms with van der Waals surface area (Å²) in [6, 6.07) is 8.42. The summed E-state index contributed by atoms with van der Waals surface area (Å²) in [6.45, 7) is 0. The maximum Gasteiger partial charge on any atom is 0.309 e. The fourth-order valence-electron chi connectivity index (χ4n) is 2.93. The maximum absolute atomic E-state index is 10.8. The number of hydrogen-bond acceptors (Lipinski definition) is 2. The molecule has 0 saturated carbocycles. The van der Waals surface area contributed by atoms with Gasteiger partial charge in [-0.3, -0.25) is 9.48 Å². The van der Waals surface area contributed by atoms with Gasteiger partial charge in [-0.05, 0) is 48.9 Å². The molecule has 0 unspecified atom stereocenters. The highest BCUT2D eigenvalue weighted by Crippen LogP contribution is 2.27. The van der Waals surface area contributed by atoms with Crippen molar-refractivity contribution in [2.75, 3.05) is 0 Å². The van der Waals surface area contributed by atoms with Crippen molar-refractivity contribution in [1.82, 2.24) is 9.78 Å². The van der Waals surface area contributed by atoms with Gasteiger partial charge < -0.3 is 5.11 Å². The van der Waals surface area contributed by atoms with Crippen LogP contribution in [-0.2, 0) is 31.1 Å². The third-order valence-corrected chi connectivity index (χ3v) is 3.91. The zero-order valence-electron chi connectivity index (χ0n) is 11.6. The monoisotopic (exact) mass is 270 g/mol. The second-order valence-electron chi connectivity index (χ2n) is 5.41. The molecule has 0 radical (unpaired) electrons. The summed E-state index contributed by atoms with van der Waals surface area (Å²) >= 11 is 0. The number of aryl methyl sites for hydroxylation is 3. The summed E-state index contributed by atoms with van der Waals surface area (Å²) in [5.41, 5.74) is 5.59. The van der Waals surface area contributed by atoms with E-state index >= 15 is 0 Å². The number of aliphatic carboxylic acids is 1. The van der Waals surface area contributed by atoms with Crippen LogP contribution in [0.15, 0.2) is 24.3 Å². The van der Waals surface area contributed by atoms with E-state index in [-0.39, 0.29) is 6.42 Å². The number of benzene rings is 1. The van der Waals surface area contributed by atoms with Gasteiger partial charge in [0.25, 0.3) is 0 Å². The summed E-state index contributed by atoms with van der Waals surface area (Å²) in [6.07, 6.45) is 4.82. The van der Waals surface area contributed by atoms with Gasteiger partial charge in [-0.15, -0.1) is 0 Å². The molecule has 104 valence electrons. The molecule has 1 aliphatic carbocycles. The molecule has 0 aliphatic heterocycles. The van der Waals surface area contributed by atoms with Gasteiger partial charge in [0.1, 0.15) is 0 Å². The normalized spacial score (nSPS) is 14.1. The highest BCUT2D eigenvalue weighted by Gasteiger charge is 2.13. The first-order valence-electron chi connectivity index (χ1n) is 7.00. The average Bonchev–Trinajstić information content (AvgIpc) is 2.78. The molecular formula is C16H18N2O2. The Hall–Kier alpha value is -2.10. The van der Waals surface area contributed by atoms with E-state index in [1.54, 1.807) is 4.68 Å². The number of rotatable bonds is 3. The zero-order chi connectivity index (χ0) is 14.1. The van der Waals surface area contributed by atoms with Gasteiger partial charge in [0.2, 0.25) is 0 Å². The Morgan fingerprint density at radius 2 is 2.00 bits per heavy atom. The average molecular weight is 270 g/mol. The molecule has 1 aromatic heterocycles. The van der Waals surface area contributed by atoms with Gasteiger partial charge in [-0.25, -0.2) is 0 Å². The predicted molar refractivity (Wildman–Crippen MR) is 76.6 cm³/mol. The van der Waals surface area contributed by atoms with Crippen LogP contribution >= 0.6 is 0 Å². The summed E-state index contributed by atoms with van der Waals surface area (Å²) < 4.78 is 1.77. The van der Waals surface area contributed by atoms with Gasteiger partial charge in [-0.1, -0.05) is 12.1 Å². The lowest BCUT2D eigenvalue weighted by Gasteiger charge is -2.16. The highest BCUT2D eigenvalue weighted by atomic mass is 16.4. The van der Waals surface area contributed by atoms with E-state index in [0.29, 0.717) is 5.69 Å². The minimum atomic E-state index is -0.847. The van der Waals surface area contributed by atoms with Gasteiger partial charge in [-0.2, -0.15) is 5.10 Å². The number of fused-ring (bicyclic) bond motifs is 1.